The first-order chi connectivity index (χ1) is 12.5. The molecule has 0 aliphatic heterocycles. The van der Waals surface area contributed by atoms with Crippen molar-refractivity contribution in [2.45, 2.75) is 50.0 Å². The van der Waals surface area contributed by atoms with Crippen molar-refractivity contribution < 1.29 is 8.42 Å². The Hall–Kier alpha value is -2.34. The molecule has 0 unspecified atom stereocenters. The van der Waals surface area contributed by atoms with Crippen LogP contribution in [0.2, 0.25) is 0 Å². The van der Waals surface area contributed by atoms with E-state index in [1.165, 1.54) is 32.1 Å². The highest BCUT2D eigenvalue weighted by Crippen LogP contribution is 2.18. The fourth-order valence-electron chi connectivity index (χ4n) is 3.08. The molecule has 6 heteroatoms. The summed E-state index contributed by atoms with van der Waals surface area (Å²) in [4.78, 5) is 0.234. The van der Waals surface area contributed by atoms with Crippen molar-refractivity contribution in [2.24, 2.45) is 5.10 Å². The van der Waals surface area contributed by atoms with Gasteiger partial charge in [-0.3, -0.25) is 4.72 Å². The molecule has 1 fully saturated rings. The summed E-state index contributed by atoms with van der Waals surface area (Å²) < 4.78 is 27.5. The number of rotatable bonds is 6. The Morgan fingerprint density at radius 2 is 1.62 bits per heavy atom. The normalized spacial score (nSPS) is 16.3. The van der Waals surface area contributed by atoms with E-state index >= 15 is 0 Å². The topological polar surface area (TPSA) is 70.6 Å². The van der Waals surface area contributed by atoms with Gasteiger partial charge in [0.2, 0.25) is 0 Å². The molecule has 1 aliphatic carbocycles. The first-order valence-corrected chi connectivity index (χ1v) is 10.5. The third-order valence-electron chi connectivity index (χ3n) is 4.63. The lowest BCUT2D eigenvalue weighted by Crippen LogP contribution is -2.27. The Morgan fingerprint density at radius 1 is 0.962 bits per heavy atom. The van der Waals surface area contributed by atoms with Crippen LogP contribution in [0.4, 0.5) is 5.69 Å². The zero-order valence-electron chi connectivity index (χ0n) is 15.0. The predicted octanol–water partition coefficient (Wildman–Crippen LogP) is 4.13. The minimum atomic E-state index is -3.59. The van der Waals surface area contributed by atoms with Crippen LogP contribution in [0.1, 0.15) is 44.6 Å². The van der Waals surface area contributed by atoms with E-state index in [0.717, 1.165) is 11.3 Å². The molecule has 0 atom stereocenters. The summed E-state index contributed by atoms with van der Waals surface area (Å²) >= 11 is 0. The van der Waals surface area contributed by atoms with Crippen LogP contribution in [0, 0.1) is 0 Å². The standard InChI is InChI=1S/C20H25N3O2S/c1-16(21-22-18-8-4-2-5-9-18)17-12-14-20(15-13-17)26(24,25)23-19-10-6-3-7-11-19/h3,6-7,10-15,18,22-23H,2,4-5,8-9H2,1H3/b21-16-. The zero-order chi connectivity index (χ0) is 18.4. The van der Waals surface area contributed by atoms with Crippen molar-refractivity contribution in [3.8, 4) is 0 Å². The van der Waals surface area contributed by atoms with Crippen molar-refractivity contribution in [1.82, 2.24) is 5.43 Å². The van der Waals surface area contributed by atoms with Crippen LogP contribution in [0.15, 0.2) is 64.6 Å². The van der Waals surface area contributed by atoms with Gasteiger partial charge in [0.1, 0.15) is 0 Å². The van der Waals surface area contributed by atoms with Gasteiger partial charge in [0.15, 0.2) is 0 Å². The second-order valence-corrected chi connectivity index (χ2v) is 8.34. The summed E-state index contributed by atoms with van der Waals surface area (Å²) in [5.41, 5.74) is 5.57. The maximum atomic E-state index is 12.5. The molecule has 0 heterocycles. The number of hydrazone groups is 1. The Balaban J connectivity index is 1.67. The largest absolute Gasteiger partial charge is 0.307 e. The number of sulfonamides is 1. The summed E-state index contributed by atoms with van der Waals surface area (Å²) in [7, 11) is -3.59. The van der Waals surface area contributed by atoms with Gasteiger partial charge in [0.25, 0.3) is 10.0 Å². The maximum absolute atomic E-state index is 12.5. The van der Waals surface area contributed by atoms with Gasteiger partial charge in [-0.1, -0.05) is 49.6 Å². The lowest BCUT2D eigenvalue weighted by Gasteiger charge is -2.21. The van der Waals surface area contributed by atoms with E-state index in [2.05, 4.69) is 15.2 Å². The first-order valence-electron chi connectivity index (χ1n) is 9.03. The number of hydrogen-bond donors (Lipinski definition) is 2. The third kappa shape index (κ3) is 4.85. The lowest BCUT2D eigenvalue weighted by atomic mass is 9.96. The SMILES string of the molecule is C/C(=N/NC1CCCCC1)c1ccc(S(=O)(=O)Nc2ccccc2)cc1. The predicted molar refractivity (Wildman–Crippen MR) is 106 cm³/mol. The average molecular weight is 372 g/mol. The molecule has 1 saturated carbocycles. The number of benzene rings is 2. The molecule has 5 nitrogen and oxygen atoms in total. The van der Waals surface area contributed by atoms with E-state index in [9.17, 15) is 8.42 Å². The van der Waals surface area contributed by atoms with E-state index in [-0.39, 0.29) is 4.90 Å². The number of hydrogen-bond acceptors (Lipinski definition) is 4. The van der Waals surface area contributed by atoms with Crippen LogP contribution in [-0.2, 0) is 10.0 Å². The maximum Gasteiger partial charge on any atom is 0.261 e. The van der Waals surface area contributed by atoms with E-state index < -0.39 is 10.0 Å². The Labute approximate surface area is 155 Å². The lowest BCUT2D eigenvalue weighted by molar-refractivity contribution is 0.380. The Bertz CT molecular complexity index is 840. The van der Waals surface area contributed by atoms with Crippen molar-refractivity contribution >= 4 is 21.4 Å². The van der Waals surface area contributed by atoms with E-state index in [0.29, 0.717) is 11.7 Å². The Kier molecular flexibility index (Phi) is 5.93. The zero-order valence-corrected chi connectivity index (χ0v) is 15.8. The molecule has 1 aliphatic rings. The van der Waals surface area contributed by atoms with Crippen LogP contribution in [-0.4, -0.2) is 20.2 Å². The van der Waals surface area contributed by atoms with Crippen LogP contribution in [0.25, 0.3) is 0 Å². The molecule has 0 aromatic heterocycles. The fraction of sp³-hybridized carbons (Fsp3) is 0.350. The van der Waals surface area contributed by atoms with Crippen LogP contribution in [0.5, 0.6) is 0 Å². The summed E-state index contributed by atoms with van der Waals surface area (Å²) in [6, 6.07) is 16.1. The van der Waals surface area contributed by atoms with Crippen LogP contribution in [0.3, 0.4) is 0 Å². The highest BCUT2D eigenvalue weighted by atomic mass is 32.2. The van der Waals surface area contributed by atoms with Crippen molar-refractivity contribution in [3.63, 3.8) is 0 Å². The van der Waals surface area contributed by atoms with Gasteiger partial charge in [0.05, 0.1) is 10.6 Å². The molecule has 0 saturated heterocycles. The van der Waals surface area contributed by atoms with Crippen molar-refractivity contribution in [3.05, 3.63) is 60.2 Å². The summed E-state index contributed by atoms with van der Waals surface area (Å²) in [5.74, 6) is 0. The second-order valence-electron chi connectivity index (χ2n) is 6.66. The quantitative estimate of drug-likeness (QED) is 0.592. The molecule has 0 bridgehead atoms. The summed E-state index contributed by atoms with van der Waals surface area (Å²) in [6.45, 7) is 1.93. The molecule has 0 amide bonds. The monoisotopic (exact) mass is 371 g/mol. The highest BCUT2D eigenvalue weighted by molar-refractivity contribution is 7.92. The average Bonchev–Trinajstić information content (AvgIpc) is 2.67. The van der Waals surface area contributed by atoms with Gasteiger partial charge in [0, 0.05) is 11.7 Å². The molecule has 3 rings (SSSR count). The number of nitrogens with zero attached hydrogens (tertiary/aromatic N) is 1. The number of nitrogens with one attached hydrogen (secondary N) is 2. The van der Waals surface area contributed by atoms with Gasteiger partial charge in [-0.25, -0.2) is 8.42 Å². The van der Waals surface area contributed by atoms with E-state index in [4.69, 9.17) is 0 Å². The molecule has 2 aromatic carbocycles. The number of anilines is 1. The molecular formula is C20H25N3O2S. The highest BCUT2D eigenvalue weighted by Gasteiger charge is 2.15. The first kappa shape index (κ1) is 18.5. The van der Waals surface area contributed by atoms with Crippen LogP contribution < -0.4 is 10.1 Å². The van der Waals surface area contributed by atoms with Gasteiger partial charge < -0.3 is 5.43 Å². The summed E-state index contributed by atoms with van der Waals surface area (Å²) in [5, 5.41) is 4.48. The van der Waals surface area contributed by atoms with Gasteiger partial charge in [-0.15, -0.1) is 0 Å². The minimum Gasteiger partial charge on any atom is -0.307 e. The van der Waals surface area contributed by atoms with E-state index in [1.807, 2.05) is 13.0 Å². The molecule has 138 valence electrons. The second kappa shape index (κ2) is 8.36. The molecule has 0 radical (unpaired) electrons. The fourth-order valence-corrected chi connectivity index (χ4v) is 4.14. The van der Waals surface area contributed by atoms with Crippen molar-refractivity contribution in [1.29, 1.82) is 0 Å². The van der Waals surface area contributed by atoms with Gasteiger partial charge >= 0.3 is 0 Å². The van der Waals surface area contributed by atoms with E-state index in [1.54, 1.807) is 48.5 Å². The minimum absolute atomic E-state index is 0.234. The third-order valence-corrected chi connectivity index (χ3v) is 6.03. The van der Waals surface area contributed by atoms with Crippen LogP contribution >= 0.6 is 0 Å². The molecule has 0 spiro atoms. The summed E-state index contributed by atoms with van der Waals surface area (Å²) in [6.07, 6.45) is 6.16. The smallest absolute Gasteiger partial charge is 0.261 e. The van der Waals surface area contributed by atoms with Gasteiger partial charge in [-0.05, 0) is 49.6 Å². The molecular weight excluding hydrogens is 346 g/mol. The van der Waals surface area contributed by atoms with Crippen molar-refractivity contribution in [2.75, 3.05) is 4.72 Å². The number of para-hydroxylation sites is 1. The Morgan fingerprint density at radius 3 is 2.27 bits per heavy atom. The van der Waals surface area contributed by atoms with Gasteiger partial charge in [-0.2, -0.15) is 5.10 Å². The molecule has 2 N–H and O–H groups in total. The molecule has 26 heavy (non-hydrogen) atoms. The molecule has 2 aromatic rings.